The Kier molecular flexibility index (Phi) is 4.21. The average Bonchev–Trinajstić information content (AvgIpc) is 2.97. The minimum absolute atomic E-state index is 0.786. The smallest absolute Gasteiger partial charge is 0.118 e. The molecule has 0 saturated carbocycles. The first kappa shape index (κ1) is 13.2. The average molecular weight is 263 g/mol. The van der Waals surface area contributed by atoms with Crippen molar-refractivity contribution >= 4 is 0 Å². The molecule has 0 bridgehead atoms. The molecular weight excluding hydrogens is 238 g/mol. The predicted molar refractivity (Wildman–Crippen MR) is 76.0 cm³/mol. The lowest BCUT2D eigenvalue weighted by molar-refractivity contribution is 0.205. The molecule has 1 aromatic heterocycles. The van der Waals surface area contributed by atoms with Crippen LogP contribution in [0.15, 0.2) is 16.7 Å². The van der Waals surface area contributed by atoms with Gasteiger partial charge in [0.15, 0.2) is 0 Å². The molecular formula is C15H25N3O. The van der Waals surface area contributed by atoms with Gasteiger partial charge in [-0.3, -0.25) is 9.80 Å². The lowest BCUT2D eigenvalue weighted by Crippen LogP contribution is -2.36. The molecule has 3 rings (SSSR count). The van der Waals surface area contributed by atoms with Crippen molar-refractivity contribution < 1.29 is 4.42 Å². The monoisotopic (exact) mass is 263 g/mol. The molecule has 1 unspecified atom stereocenters. The topological polar surface area (TPSA) is 31.7 Å². The fraction of sp³-hybridized carbons (Fsp3) is 0.733. The molecule has 0 aromatic carbocycles. The lowest BCUT2D eigenvalue weighted by Gasteiger charge is -2.24. The Labute approximate surface area is 115 Å². The van der Waals surface area contributed by atoms with Crippen molar-refractivity contribution in [3.05, 3.63) is 23.7 Å². The van der Waals surface area contributed by atoms with Gasteiger partial charge in [0, 0.05) is 24.7 Å². The molecule has 2 saturated heterocycles. The highest BCUT2D eigenvalue weighted by Gasteiger charge is 2.28. The van der Waals surface area contributed by atoms with E-state index in [0.717, 1.165) is 24.9 Å². The second kappa shape index (κ2) is 6.07. The van der Waals surface area contributed by atoms with Crippen LogP contribution in [-0.4, -0.2) is 49.1 Å². The molecule has 0 radical (unpaired) electrons. The van der Waals surface area contributed by atoms with Crippen LogP contribution in [0.2, 0.25) is 0 Å². The largest absolute Gasteiger partial charge is 0.468 e. The number of hydrogen-bond acceptors (Lipinski definition) is 4. The van der Waals surface area contributed by atoms with Gasteiger partial charge in [-0.05, 0) is 52.0 Å². The molecule has 2 fully saturated rings. The van der Waals surface area contributed by atoms with Gasteiger partial charge in [-0.1, -0.05) is 0 Å². The highest BCUT2D eigenvalue weighted by atomic mass is 16.3. The van der Waals surface area contributed by atoms with Crippen molar-refractivity contribution in [2.75, 3.05) is 33.2 Å². The van der Waals surface area contributed by atoms with E-state index in [1.54, 1.807) is 0 Å². The number of nitrogens with one attached hydrogen (secondary N) is 1. The van der Waals surface area contributed by atoms with E-state index in [2.05, 4.69) is 21.2 Å². The van der Waals surface area contributed by atoms with Gasteiger partial charge in [-0.25, -0.2) is 0 Å². The fourth-order valence-electron chi connectivity index (χ4n) is 3.45. The van der Waals surface area contributed by atoms with Crippen molar-refractivity contribution in [1.29, 1.82) is 0 Å². The SMILES string of the molecule is CNCc1coc(CN2CCCN3CCCC3C2)c1. The summed E-state index contributed by atoms with van der Waals surface area (Å²) in [5.74, 6) is 1.11. The third kappa shape index (κ3) is 3.19. The quantitative estimate of drug-likeness (QED) is 0.895. The summed E-state index contributed by atoms with van der Waals surface area (Å²) < 4.78 is 5.68. The third-order valence-electron chi connectivity index (χ3n) is 4.36. The van der Waals surface area contributed by atoms with Crippen LogP contribution < -0.4 is 5.32 Å². The van der Waals surface area contributed by atoms with Crippen LogP contribution in [0, 0.1) is 0 Å². The van der Waals surface area contributed by atoms with E-state index in [9.17, 15) is 0 Å². The van der Waals surface area contributed by atoms with Crippen molar-refractivity contribution in [3.8, 4) is 0 Å². The van der Waals surface area contributed by atoms with Crippen LogP contribution in [0.4, 0.5) is 0 Å². The molecule has 2 aliphatic heterocycles. The van der Waals surface area contributed by atoms with Crippen molar-refractivity contribution in [2.45, 2.75) is 38.4 Å². The van der Waals surface area contributed by atoms with Crippen LogP contribution >= 0.6 is 0 Å². The summed E-state index contributed by atoms with van der Waals surface area (Å²) >= 11 is 0. The summed E-state index contributed by atoms with van der Waals surface area (Å²) in [7, 11) is 1.97. The van der Waals surface area contributed by atoms with Crippen LogP contribution in [0.1, 0.15) is 30.6 Å². The van der Waals surface area contributed by atoms with E-state index in [1.165, 1.54) is 51.0 Å². The van der Waals surface area contributed by atoms with Gasteiger partial charge in [0.05, 0.1) is 12.8 Å². The lowest BCUT2D eigenvalue weighted by atomic mass is 10.2. The van der Waals surface area contributed by atoms with Crippen LogP contribution in [0.5, 0.6) is 0 Å². The van der Waals surface area contributed by atoms with Gasteiger partial charge in [0.1, 0.15) is 5.76 Å². The fourth-order valence-corrected chi connectivity index (χ4v) is 3.45. The van der Waals surface area contributed by atoms with Crippen molar-refractivity contribution in [3.63, 3.8) is 0 Å². The highest BCUT2D eigenvalue weighted by Crippen LogP contribution is 2.22. The van der Waals surface area contributed by atoms with E-state index in [-0.39, 0.29) is 0 Å². The maximum Gasteiger partial charge on any atom is 0.118 e. The first-order chi connectivity index (χ1) is 9.35. The first-order valence-corrected chi connectivity index (χ1v) is 7.52. The normalized spacial score (nSPS) is 25.4. The molecule has 4 heteroatoms. The molecule has 0 amide bonds. The third-order valence-corrected chi connectivity index (χ3v) is 4.36. The molecule has 3 heterocycles. The molecule has 19 heavy (non-hydrogen) atoms. The number of fused-ring (bicyclic) bond motifs is 1. The molecule has 2 aliphatic rings. The minimum atomic E-state index is 0.786. The Morgan fingerprint density at radius 2 is 2.21 bits per heavy atom. The van der Waals surface area contributed by atoms with E-state index in [4.69, 9.17) is 4.42 Å². The first-order valence-electron chi connectivity index (χ1n) is 7.52. The summed E-state index contributed by atoms with van der Waals surface area (Å²) in [6.45, 7) is 6.86. The number of rotatable bonds is 4. The van der Waals surface area contributed by atoms with E-state index < -0.39 is 0 Å². The van der Waals surface area contributed by atoms with E-state index in [0.29, 0.717) is 0 Å². The molecule has 4 nitrogen and oxygen atoms in total. The molecule has 1 N–H and O–H groups in total. The van der Waals surface area contributed by atoms with Crippen LogP contribution in [0.3, 0.4) is 0 Å². The number of nitrogens with zero attached hydrogens (tertiary/aromatic N) is 2. The van der Waals surface area contributed by atoms with Crippen molar-refractivity contribution in [1.82, 2.24) is 15.1 Å². The number of furan rings is 1. The van der Waals surface area contributed by atoms with E-state index >= 15 is 0 Å². The molecule has 0 spiro atoms. The standard InChI is InChI=1S/C15H25N3O/c1-16-9-13-8-15(19-12-13)11-17-5-3-7-18-6-2-4-14(18)10-17/h8,12,14,16H,2-7,9-11H2,1H3. The summed E-state index contributed by atoms with van der Waals surface area (Å²) in [6.07, 6.45) is 5.93. The summed E-state index contributed by atoms with van der Waals surface area (Å²) in [4.78, 5) is 5.24. The summed E-state index contributed by atoms with van der Waals surface area (Å²) in [5.41, 5.74) is 1.25. The van der Waals surface area contributed by atoms with Gasteiger partial charge in [0.25, 0.3) is 0 Å². The van der Waals surface area contributed by atoms with Gasteiger partial charge < -0.3 is 9.73 Å². The predicted octanol–water partition coefficient (Wildman–Crippen LogP) is 1.67. The second-order valence-electron chi connectivity index (χ2n) is 5.87. The number of hydrogen-bond donors (Lipinski definition) is 1. The zero-order valence-electron chi connectivity index (χ0n) is 11.9. The molecule has 106 valence electrons. The van der Waals surface area contributed by atoms with Crippen LogP contribution in [-0.2, 0) is 13.1 Å². The maximum absolute atomic E-state index is 5.68. The van der Waals surface area contributed by atoms with Gasteiger partial charge >= 0.3 is 0 Å². The molecule has 1 aromatic rings. The maximum atomic E-state index is 5.68. The second-order valence-corrected chi connectivity index (χ2v) is 5.87. The van der Waals surface area contributed by atoms with Gasteiger partial charge in [0.2, 0.25) is 0 Å². The van der Waals surface area contributed by atoms with Crippen LogP contribution in [0.25, 0.3) is 0 Å². The summed E-state index contributed by atoms with van der Waals surface area (Å²) in [5, 5.41) is 3.16. The highest BCUT2D eigenvalue weighted by molar-refractivity contribution is 5.12. The van der Waals surface area contributed by atoms with Crippen molar-refractivity contribution in [2.24, 2.45) is 0 Å². The minimum Gasteiger partial charge on any atom is -0.468 e. The Morgan fingerprint density at radius 1 is 1.32 bits per heavy atom. The Balaban J connectivity index is 1.58. The summed E-state index contributed by atoms with van der Waals surface area (Å²) in [6, 6.07) is 2.97. The van der Waals surface area contributed by atoms with Gasteiger partial charge in [-0.15, -0.1) is 0 Å². The Morgan fingerprint density at radius 3 is 3.11 bits per heavy atom. The molecule has 0 aliphatic carbocycles. The zero-order valence-corrected chi connectivity index (χ0v) is 11.9. The molecule has 1 atom stereocenters. The van der Waals surface area contributed by atoms with E-state index in [1.807, 2.05) is 13.3 Å². The zero-order chi connectivity index (χ0) is 13.1. The Hall–Kier alpha value is -0.840. The Bertz CT molecular complexity index is 404. The van der Waals surface area contributed by atoms with Gasteiger partial charge in [-0.2, -0.15) is 0 Å².